The van der Waals surface area contributed by atoms with Crippen LogP contribution in [0.5, 0.6) is 0 Å². The quantitative estimate of drug-likeness (QED) is 0.628. The molecule has 1 saturated carbocycles. The molecule has 1 fully saturated rings. The van der Waals surface area contributed by atoms with E-state index in [1.807, 2.05) is 32.0 Å². The summed E-state index contributed by atoms with van der Waals surface area (Å²) in [6, 6.07) is 9.05. The number of hydrogen-bond acceptors (Lipinski definition) is 3. The van der Waals surface area contributed by atoms with Crippen molar-refractivity contribution in [3.8, 4) is 0 Å². The fourth-order valence-electron chi connectivity index (χ4n) is 2.50. The Bertz CT molecular complexity index is 552. The average Bonchev–Trinajstić information content (AvgIpc) is 3.07. The van der Waals surface area contributed by atoms with Gasteiger partial charge in [-0.3, -0.25) is 9.00 Å². The van der Waals surface area contributed by atoms with E-state index in [0.29, 0.717) is 11.3 Å². The third-order valence-electron chi connectivity index (χ3n) is 4.10. The summed E-state index contributed by atoms with van der Waals surface area (Å²) >= 11 is 0. The van der Waals surface area contributed by atoms with Crippen molar-refractivity contribution in [2.75, 3.05) is 7.11 Å². The highest BCUT2D eigenvalue weighted by Gasteiger charge is 2.74. The van der Waals surface area contributed by atoms with E-state index in [0.717, 1.165) is 5.57 Å². The summed E-state index contributed by atoms with van der Waals surface area (Å²) in [6.45, 7) is 7.73. The van der Waals surface area contributed by atoms with Crippen LogP contribution < -0.4 is 0 Å². The lowest BCUT2D eigenvalue weighted by Gasteiger charge is -2.20. The maximum absolute atomic E-state index is 12.8. The number of carbonyl (C=O) groups excluding carboxylic acids is 1. The third kappa shape index (κ3) is 1.86. The van der Waals surface area contributed by atoms with Crippen molar-refractivity contribution in [3.05, 3.63) is 42.5 Å². The van der Waals surface area contributed by atoms with Crippen LogP contribution in [0.25, 0.3) is 0 Å². The molecule has 1 aromatic rings. The second kappa shape index (κ2) is 4.60. The van der Waals surface area contributed by atoms with Gasteiger partial charge < -0.3 is 4.74 Å². The lowest BCUT2D eigenvalue weighted by Crippen LogP contribution is -2.35. The van der Waals surface area contributed by atoms with Gasteiger partial charge in [-0.2, -0.15) is 0 Å². The molecule has 0 amide bonds. The van der Waals surface area contributed by atoms with Gasteiger partial charge in [-0.05, 0) is 25.5 Å². The Labute approximate surface area is 116 Å². The first-order valence-electron chi connectivity index (χ1n) is 6.11. The van der Waals surface area contributed by atoms with E-state index >= 15 is 0 Å². The monoisotopic (exact) mass is 278 g/mol. The van der Waals surface area contributed by atoms with Crippen molar-refractivity contribution in [2.24, 2.45) is 5.41 Å². The number of esters is 1. The lowest BCUT2D eigenvalue weighted by molar-refractivity contribution is -0.141. The lowest BCUT2D eigenvalue weighted by atomic mass is 9.98. The van der Waals surface area contributed by atoms with E-state index in [2.05, 4.69) is 6.58 Å². The van der Waals surface area contributed by atoms with Crippen molar-refractivity contribution in [1.82, 2.24) is 0 Å². The Balaban J connectivity index is 2.46. The second-order valence-corrected chi connectivity index (χ2v) is 6.90. The van der Waals surface area contributed by atoms with Gasteiger partial charge >= 0.3 is 5.97 Å². The van der Waals surface area contributed by atoms with Gasteiger partial charge in [0.25, 0.3) is 0 Å². The van der Waals surface area contributed by atoms with Gasteiger partial charge in [0.15, 0.2) is 4.75 Å². The highest BCUT2D eigenvalue weighted by atomic mass is 32.2. The van der Waals surface area contributed by atoms with Crippen LogP contribution in [0.2, 0.25) is 0 Å². The number of rotatable bonds is 4. The van der Waals surface area contributed by atoms with Crippen molar-refractivity contribution in [3.63, 3.8) is 0 Å². The van der Waals surface area contributed by atoms with E-state index in [4.69, 9.17) is 4.74 Å². The van der Waals surface area contributed by atoms with Gasteiger partial charge in [-0.1, -0.05) is 37.3 Å². The summed E-state index contributed by atoms with van der Waals surface area (Å²) in [7, 11) is -0.101. The van der Waals surface area contributed by atoms with Crippen LogP contribution in [-0.4, -0.2) is 22.0 Å². The van der Waals surface area contributed by atoms with Gasteiger partial charge in [-0.15, -0.1) is 0 Å². The summed E-state index contributed by atoms with van der Waals surface area (Å²) < 4.78 is 16.7. The number of allylic oxidation sites excluding steroid dienone is 1. The maximum Gasteiger partial charge on any atom is 0.325 e. The highest BCUT2D eigenvalue weighted by molar-refractivity contribution is 7.87. The van der Waals surface area contributed by atoms with Crippen molar-refractivity contribution in [1.29, 1.82) is 0 Å². The molecular formula is C15H18O3S. The Morgan fingerprint density at radius 2 is 1.95 bits per heavy atom. The number of benzene rings is 1. The molecular weight excluding hydrogens is 260 g/mol. The van der Waals surface area contributed by atoms with Gasteiger partial charge in [-0.25, -0.2) is 0 Å². The first kappa shape index (κ1) is 14.0. The third-order valence-corrected chi connectivity index (χ3v) is 6.19. The zero-order chi connectivity index (χ0) is 14.3. The van der Waals surface area contributed by atoms with E-state index < -0.39 is 26.9 Å². The molecule has 1 unspecified atom stereocenters. The summed E-state index contributed by atoms with van der Waals surface area (Å²) in [5.41, 5.74) is 0.406. The van der Waals surface area contributed by atoms with Crippen LogP contribution >= 0.6 is 0 Å². The molecule has 0 spiro atoms. The normalized spacial score (nSPS) is 30.5. The van der Waals surface area contributed by atoms with Gasteiger partial charge in [0, 0.05) is 10.3 Å². The zero-order valence-corrected chi connectivity index (χ0v) is 12.3. The molecule has 0 N–H and O–H groups in total. The van der Waals surface area contributed by atoms with Crippen LogP contribution in [0, 0.1) is 5.41 Å². The van der Waals surface area contributed by atoms with E-state index in [1.54, 1.807) is 12.1 Å². The van der Waals surface area contributed by atoms with Crippen LogP contribution in [0.1, 0.15) is 20.3 Å². The van der Waals surface area contributed by atoms with E-state index in [1.165, 1.54) is 7.11 Å². The molecule has 0 heterocycles. The van der Waals surface area contributed by atoms with Crippen LogP contribution in [-0.2, 0) is 20.3 Å². The Hall–Kier alpha value is -1.42. The Morgan fingerprint density at radius 1 is 1.37 bits per heavy atom. The number of carbonyl (C=O) groups is 1. The molecule has 2 rings (SSSR count). The molecule has 1 aliphatic rings. The molecule has 0 radical (unpaired) electrons. The molecule has 19 heavy (non-hydrogen) atoms. The maximum atomic E-state index is 12.8. The minimum absolute atomic E-state index is 0.416. The molecule has 0 aromatic heterocycles. The number of hydrogen-bond donors (Lipinski definition) is 0. The Kier molecular flexibility index (Phi) is 3.39. The highest BCUT2D eigenvalue weighted by Crippen LogP contribution is 2.65. The van der Waals surface area contributed by atoms with E-state index in [9.17, 15) is 9.00 Å². The molecule has 102 valence electrons. The average molecular weight is 278 g/mol. The van der Waals surface area contributed by atoms with Crippen LogP contribution in [0.15, 0.2) is 47.4 Å². The van der Waals surface area contributed by atoms with Gasteiger partial charge in [0.2, 0.25) is 0 Å². The zero-order valence-electron chi connectivity index (χ0n) is 11.4. The first-order valence-corrected chi connectivity index (χ1v) is 7.26. The topological polar surface area (TPSA) is 43.4 Å². The van der Waals surface area contributed by atoms with Crippen LogP contribution in [0.4, 0.5) is 0 Å². The molecule has 0 aliphatic heterocycles. The molecule has 3 nitrogen and oxygen atoms in total. The number of ether oxygens (including phenoxy) is 1. The summed E-state index contributed by atoms with van der Waals surface area (Å²) in [5.74, 6) is -0.416. The second-order valence-electron chi connectivity index (χ2n) is 5.19. The predicted molar refractivity (Wildman–Crippen MR) is 75.1 cm³/mol. The minimum atomic E-state index is -1.44. The molecule has 1 aromatic carbocycles. The largest absolute Gasteiger partial charge is 0.468 e. The molecule has 0 saturated heterocycles. The molecule has 1 aliphatic carbocycles. The smallest absolute Gasteiger partial charge is 0.325 e. The molecule has 3 atom stereocenters. The van der Waals surface area contributed by atoms with Crippen LogP contribution in [0.3, 0.4) is 0 Å². The molecule has 4 heteroatoms. The van der Waals surface area contributed by atoms with Crippen molar-refractivity contribution < 1.29 is 13.7 Å². The van der Waals surface area contributed by atoms with Gasteiger partial charge in [0.05, 0.1) is 17.9 Å². The first-order chi connectivity index (χ1) is 8.90. The fraction of sp³-hybridized carbons (Fsp3) is 0.400. The SMILES string of the molecule is C=C(C)[C@]1(C)C[C@]1(C(=O)OC)S(=O)c1ccccc1. The standard InChI is InChI=1S/C15H18O3S/c1-11(2)14(3)10-15(14,13(16)18-4)19(17)12-8-6-5-7-9-12/h5-9H,1,10H2,2-4H3/t14-,15+,19?/m0/s1. The fourth-order valence-corrected chi connectivity index (χ4v) is 4.55. The van der Waals surface area contributed by atoms with Crippen molar-refractivity contribution in [2.45, 2.75) is 29.9 Å². The summed E-state index contributed by atoms with van der Waals surface area (Å²) in [4.78, 5) is 12.8. The predicted octanol–water partition coefficient (Wildman–Crippen LogP) is 2.69. The summed E-state index contributed by atoms with van der Waals surface area (Å²) in [6.07, 6.45) is 0.517. The Morgan fingerprint density at radius 3 is 2.37 bits per heavy atom. The van der Waals surface area contributed by atoms with Gasteiger partial charge in [0.1, 0.15) is 0 Å². The molecule has 0 bridgehead atoms. The van der Waals surface area contributed by atoms with E-state index in [-0.39, 0.29) is 0 Å². The number of methoxy groups -OCH3 is 1. The minimum Gasteiger partial charge on any atom is -0.468 e. The summed E-state index contributed by atoms with van der Waals surface area (Å²) in [5, 5.41) is 0. The van der Waals surface area contributed by atoms with Crippen molar-refractivity contribution >= 4 is 16.8 Å².